The minimum absolute atomic E-state index is 0. The first-order valence-electron chi connectivity index (χ1n) is 9.78. The summed E-state index contributed by atoms with van der Waals surface area (Å²) in [6.45, 7) is 9.62. The van der Waals surface area contributed by atoms with E-state index in [-0.39, 0.29) is 18.1 Å². The molecule has 3 rings (SSSR count). The first-order chi connectivity index (χ1) is 13.1. The third kappa shape index (κ3) is 4.22. The molecule has 2 aliphatic rings. The summed E-state index contributed by atoms with van der Waals surface area (Å²) in [5.41, 5.74) is 1.50. The minimum Gasteiger partial charge on any atom is -0.497 e. The van der Waals surface area contributed by atoms with Crippen LogP contribution in [0.4, 0.5) is 0 Å². The van der Waals surface area contributed by atoms with Gasteiger partial charge in [0.2, 0.25) is 0 Å². The zero-order valence-electron chi connectivity index (χ0n) is 17.1. The van der Waals surface area contributed by atoms with Crippen molar-refractivity contribution in [3.05, 3.63) is 41.2 Å². The molecule has 0 aromatic heterocycles. The van der Waals surface area contributed by atoms with E-state index in [0.717, 1.165) is 61.8 Å². The van der Waals surface area contributed by atoms with Gasteiger partial charge in [0.15, 0.2) is 5.84 Å². The van der Waals surface area contributed by atoms with Gasteiger partial charge in [0.1, 0.15) is 17.1 Å². The van der Waals surface area contributed by atoms with Crippen LogP contribution < -0.4 is 4.74 Å². The van der Waals surface area contributed by atoms with Crippen LogP contribution in [0.2, 0.25) is 5.02 Å². The van der Waals surface area contributed by atoms with Crippen molar-refractivity contribution in [1.82, 2.24) is 9.80 Å². The molecule has 7 heteroatoms. The lowest BCUT2D eigenvalue weighted by atomic mass is 10.1. The van der Waals surface area contributed by atoms with Crippen molar-refractivity contribution in [3.63, 3.8) is 0 Å². The molecule has 1 unspecified atom stereocenters. The molecule has 0 spiro atoms. The third-order valence-corrected chi connectivity index (χ3v) is 5.56. The highest BCUT2D eigenvalue weighted by molar-refractivity contribution is 6.51. The number of nitrogens with zero attached hydrogens (tertiary/aromatic N) is 4. The number of hydrogen-bond donors (Lipinski definition) is 0. The number of benzene rings is 1. The lowest BCUT2D eigenvalue weighted by Crippen LogP contribution is -2.50. The van der Waals surface area contributed by atoms with Gasteiger partial charge in [-0.05, 0) is 37.5 Å². The van der Waals surface area contributed by atoms with E-state index in [2.05, 4.69) is 35.6 Å². The molecule has 154 valence electrons. The first-order valence-corrected chi connectivity index (χ1v) is 10.2. The third-order valence-electron chi connectivity index (χ3n) is 5.24. The van der Waals surface area contributed by atoms with Crippen LogP contribution in [0.3, 0.4) is 0 Å². The maximum absolute atomic E-state index is 6.53. The molecule has 2 aliphatic heterocycles. The number of hydrogen-bond acceptors (Lipinski definition) is 5. The summed E-state index contributed by atoms with van der Waals surface area (Å²) in [6.07, 6.45) is 7.06. The van der Waals surface area contributed by atoms with Gasteiger partial charge >= 0.3 is 0 Å². The number of amidine groups is 1. The highest BCUT2D eigenvalue weighted by Crippen LogP contribution is 2.33. The van der Waals surface area contributed by atoms with E-state index in [0.29, 0.717) is 5.02 Å². The Hall–Kier alpha value is -1.56. The Balaban J connectivity index is 0.00000280. The predicted octanol–water partition coefficient (Wildman–Crippen LogP) is 4.99. The fraction of sp³-hybridized carbons (Fsp3) is 0.524. The van der Waals surface area contributed by atoms with Gasteiger partial charge in [0, 0.05) is 31.1 Å². The topological polar surface area (TPSA) is 40.4 Å². The second kappa shape index (κ2) is 9.77. The molecule has 2 heterocycles. The molecule has 0 aliphatic carbocycles. The summed E-state index contributed by atoms with van der Waals surface area (Å²) in [5, 5.41) is 0.624. The molecule has 1 atom stereocenters. The van der Waals surface area contributed by atoms with Crippen LogP contribution in [-0.2, 0) is 0 Å². The zero-order chi connectivity index (χ0) is 19.4. The fourth-order valence-corrected chi connectivity index (χ4v) is 4.12. The van der Waals surface area contributed by atoms with Crippen LogP contribution in [0, 0.1) is 0 Å². The quantitative estimate of drug-likeness (QED) is 0.590. The number of methoxy groups -OCH3 is 1. The number of rotatable bonds is 8. The molecule has 1 aromatic carbocycles. The van der Waals surface area contributed by atoms with E-state index < -0.39 is 0 Å². The molecule has 0 amide bonds. The number of halogens is 2. The Kier molecular flexibility index (Phi) is 7.93. The summed E-state index contributed by atoms with van der Waals surface area (Å²) < 4.78 is 5.27. The maximum Gasteiger partial charge on any atom is 0.156 e. The zero-order valence-corrected chi connectivity index (χ0v) is 18.7. The van der Waals surface area contributed by atoms with Gasteiger partial charge in [0.25, 0.3) is 0 Å². The molecule has 0 saturated heterocycles. The van der Waals surface area contributed by atoms with E-state index in [1.165, 1.54) is 0 Å². The molecule has 5 nitrogen and oxygen atoms in total. The Bertz CT molecular complexity index is 772. The van der Waals surface area contributed by atoms with Crippen molar-refractivity contribution >= 4 is 35.6 Å². The van der Waals surface area contributed by atoms with Crippen molar-refractivity contribution in [3.8, 4) is 5.75 Å². The summed E-state index contributed by atoms with van der Waals surface area (Å²) in [6, 6.07) is 5.70. The van der Waals surface area contributed by atoms with Crippen molar-refractivity contribution in [2.75, 3.05) is 26.7 Å². The van der Waals surface area contributed by atoms with Crippen LogP contribution in [0.5, 0.6) is 5.75 Å². The van der Waals surface area contributed by atoms with Crippen LogP contribution >= 0.6 is 24.0 Å². The van der Waals surface area contributed by atoms with E-state index in [1.54, 1.807) is 7.11 Å². The lowest BCUT2D eigenvalue weighted by molar-refractivity contribution is 0.0892. The van der Waals surface area contributed by atoms with E-state index >= 15 is 0 Å². The van der Waals surface area contributed by atoms with Crippen LogP contribution in [-0.4, -0.2) is 53.8 Å². The molecule has 0 saturated carbocycles. The molecule has 0 radical (unpaired) electrons. The van der Waals surface area contributed by atoms with Crippen LogP contribution in [0.15, 0.2) is 40.6 Å². The van der Waals surface area contributed by atoms with Crippen molar-refractivity contribution in [2.24, 2.45) is 9.98 Å². The van der Waals surface area contributed by atoms with Gasteiger partial charge in [-0.3, -0.25) is 9.89 Å². The van der Waals surface area contributed by atoms with E-state index in [4.69, 9.17) is 21.3 Å². The Morgan fingerprint density at radius 3 is 2.50 bits per heavy atom. The van der Waals surface area contributed by atoms with Crippen LogP contribution in [0.25, 0.3) is 0 Å². The van der Waals surface area contributed by atoms with E-state index in [9.17, 15) is 0 Å². The monoisotopic (exact) mass is 424 g/mol. The Morgan fingerprint density at radius 2 is 1.93 bits per heavy atom. The minimum atomic E-state index is -0.213. The van der Waals surface area contributed by atoms with Gasteiger partial charge in [-0.15, -0.1) is 12.4 Å². The SMILES string of the molecule is CCCN(CCC)C1(CC)CN2C=CN=C(c3ccc(OC)cc3Cl)C2=N1.Cl. The van der Waals surface area contributed by atoms with Gasteiger partial charge in [-0.2, -0.15) is 0 Å². The fourth-order valence-electron chi connectivity index (χ4n) is 3.86. The summed E-state index contributed by atoms with van der Waals surface area (Å²) >= 11 is 6.53. The summed E-state index contributed by atoms with van der Waals surface area (Å²) in [5.74, 6) is 1.64. The number of fused-ring (bicyclic) bond motifs is 1. The number of ether oxygens (including phenoxy) is 1. The molecule has 0 bridgehead atoms. The van der Waals surface area contributed by atoms with Crippen molar-refractivity contribution < 1.29 is 4.74 Å². The van der Waals surface area contributed by atoms with Crippen molar-refractivity contribution in [1.29, 1.82) is 0 Å². The first kappa shape index (κ1) is 22.7. The molecule has 28 heavy (non-hydrogen) atoms. The summed E-state index contributed by atoms with van der Waals surface area (Å²) in [4.78, 5) is 14.6. The van der Waals surface area contributed by atoms with Gasteiger partial charge in [-0.25, -0.2) is 4.99 Å². The molecule has 0 fully saturated rings. The second-order valence-electron chi connectivity index (χ2n) is 7.01. The molecule has 1 aromatic rings. The Morgan fingerprint density at radius 1 is 1.21 bits per heavy atom. The standard InChI is InChI=1S/C21H29ClN4O.ClH/c1-5-11-26(12-6-2)21(7-3)15-25-13-10-23-19(20(25)24-21)17-9-8-16(27-4)14-18(17)22;/h8-10,13-14H,5-7,11-12,15H2,1-4H3;1H. The maximum atomic E-state index is 6.53. The molecular formula is C21H30Cl2N4O. The van der Waals surface area contributed by atoms with E-state index in [1.807, 2.05) is 30.6 Å². The smallest absolute Gasteiger partial charge is 0.156 e. The largest absolute Gasteiger partial charge is 0.497 e. The highest BCUT2D eigenvalue weighted by atomic mass is 35.5. The molecular weight excluding hydrogens is 395 g/mol. The average molecular weight is 425 g/mol. The highest BCUT2D eigenvalue weighted by Gasteiger charge is 2.43. The average Bonchev–Trinajstić information content (AvgIpc) is 3.08. The predicted molar refractivity (Wildman–Crippen MR) is 120 cm³/mol. The van der Waals surface area contributed by atoms with Gasteiger partial charge in [0.05, 0.1) is 18.7 Å². The second-order valence-corrected chi connectivity index (χ2v) is 7.42. The van der Waals surface area contributed by atoms with Gasteiger partial charge < -0.3 is 9.64 Å². The lowest BCUT2D eigenvalue weighted by Gasteiger charge is -2.38. The number of aliphatic imine (C=N–C) groups is 2. The van der Waals surface area contributed by atoms with Crippen molar-refractivity contribution in [2.45, 2.75) is 45.7 Å². The van der Waals surface area contributed by atoms with Gasteiger partial charge in [-0.1, -0.05) is 32.4 Å². The van der Waals surface area contributed by atoms with Crippen LogP contribution in [0.1, 0.15) is 45.6 Å². The molecule has 0 N–H and O–H groups in total. The summed E-state index contributed by atoms with van der Waals surface area (Å²) in [7, 11) is 1.64. The normalized spacial score (nSPS) is 20.6. The Labute approximate surface area is 179 Å².